The fourth-order valence-corrected chi connectivity index (χ4v) is 4.20. The molecule has 4 aromatic carbocycles. The molecule has 0 amide bonds. The maximum Gasteiger partial charge on any atom is 0.0810 e. The highest BCUT2D eigenvalue weighted by Crippen LogP contribution is 2.37. The molecule has 0 spiro atoms. The third-order valence-corrected chi connectivity index (χ3v) is 5.64. The molecule has 0 radical (unpaired) electrons. The molecule has 2 heterocycles. The summed E-state index contributed by atoms with van der Waals surface area (Å²) in [6.45, 7) is 0. The van der Waals surface area contributed by atoms with Gasteiger partial charge in [0, 0.05) is 27.3 Å². The van der Waals surface area contributed by atoms with Crippen LogP contribution in [0.3, 0.4) is 0 Å². The number of para-hydroxylation sites is 1. The standard InChI is InChI=1S/C28H18N2/c1-3-9-19(10-4-1)24-18-16-21-15-17-23-22-13-7-8-14-25(22)30-27(26(23)28(21)29-24)20-11-5-2-6-12-20/h1-18H. The SMILES string of the molecule is c1ccc(-c2ccc3ccc4c5ccccc5nc(-c5ccccc5)c4c3n2)cc1. The van der Waals surface area contributed by atoms with Crippen LogP contribution in [0.2, 0.25) is 0 Å². The molecule has 0 N–H and O–H groups in total. The topological polar surface area (TPSA) is 25.8 Å². The van der Waals surface area contributed by atoms with Crippen molar-refractivity contribution in [1.82, 2.24) is 9.97 Å². The Hall–Kier alpha value is -4.04. The van der Waals surface area contributed by atoms with Crippen molar-refractivity contribution in [3.05, 3.63) is 109 Å². The number of hydrogen-bond acceptors (Lipinski definition) is 2. The van der Waals surface area contributed by atoms with Crippen molar-refractivity contribution in [1.29, 1.82) is 0 Å². The predicted molar refractivity (Wildman–Crippen MR) is 125 cm³/mol. The number of hydrogen-bond donors (Lipinski definition) is 0. The van der Waals surface area contributed by atoms with Crippen molar-refractivity contribution in [3.63, 3.8) is 0 Å². The summed E-state index contributed by atoms with van der Waals surface area (Å²) in [5.41, 5.74) is 6.17. The highest BCUT2D eigenvalue weighted by atomic mass is 14.7. The van der Waals surface area contributed by atoms with Crippen LogP contribution in [0.4, 0.5) is 0 Å². The fourth-order valence-electron chi connectivity index (χ4n) is 4.20. The average molecular weight is 382 g/mol. The zero-order valence-corrected chi connectivity index (χ0v) is 16.3. The van der Waals surface area contributed by atoms with E-state index < -0.39 is 0 Å². The first-order valence-electron chi connectivity index (χ1n) is 10.1. The van der Waals surface area contributed by atoms with Gasteiger partial charge in [0.05, 0.1) is 22.4 Å². The van der Waals surface area contributed by atoms with Crippen molar-refractivity contribution >= 4 is 32.6 Å². The quantitative estimate of drug-likeness (QED) is 0.294. The van der Waals surface area contributed by atoms with E-state index in [-0.39, 0.29) is 0 Å². The third-order valence-electron chi connectivity index (χ3n) is 5.64. The molecule has 6 rings (SSSR count). The van der Waals surface area contributed by atoms with E-state index in [1.807, 2.05) is 18.2 Å². The molecule has 2 nitrogen and oxygen atoms in total. The molecular weight excluding hydrogens is 364 g/mol. The number of benzene rings is 4. The summed E-state index contributed by atoms with van der Waals surface area (Å²) in [5, 5.41) is 4.57. The third kappa shape index (κ3) is 2.66. The number of fused-ring (bicyclic) bond motifs is 5. The molecule has 0 aliphatic heterocycles. The first-order chi connectivity index (χ1) is 14.9. The number of pyridine rings is 2. The molecule has 0 aliphatic rings. The second-order valence-corrected chi connectivity index (χ2v) is 7.47. The van der Waals surface area contributed by atoms with Gasteiger partial charge < -0.3 is 0 Å². The summed E-state index contributed by atoms with van der Waals surface area (Å²) in [4.78, 5) is 10.2. The van der Waals surface area contributed by atoms with Crippen LogP contribution in [0.25, 0.3) is 55.1 Å². The number of aromatic nitrogens is 2. The van der Waals surface area contributed by atoms with Crippen LogP contribution in [0.15, 0.2) is 109 Å². The molecule has 0 fully saturated rings. The molecule has 0 saturated heterocycles. The Morgan fingerprint density at radius 2 is 1.13 bits per heavy atom. The summed E-state index contributed by atoms with van der Waals surface area (Å²) in [6, 6.07) is 37.7. The van der Waals surface area contributed by atoms with E-state index in [0.29, 0.717) is 0 Å². The van der Waals surface area contributed by atoms with Gasteiger partial charge in [0.1, 0.15) is 0 Å². The Morgan fingerprint density at radius 3 is 1.93 bits per heavy atom. The Balaban J connectivity index is 1.79. The van der Waals surface area contributed by atoms with Crippen molar-refractivity contribution in [3.8, 4) is 22.5 Å². The smallest absolute Gasteiger partial charge is 0.0810 e. The Morgan fingerprint density at radius 1 is 0.467 bits per heavy atom. The highest BCUT2D eigenvalue weighted by Gasteiger charge is 2.14. The van der Waals surface area contributed by atoms with Crippen LogP contribution >= 0.6 is 0 Å². The van der Waals surface area contributed by atoms with Crippen LogP contribution in [0, 0.1) is 0 Å². The Bertz CT molecular complexity index is 1520. The monoisotopic (exact) mass is 382 g/mol. The van der Waals surface area contributed by atoms with Gasteiger partial charge in [-0.3, -0.25) is 0 Å². The normalized spacial score (nSPS) is 11.3. The van der Waals surface area contributed by atoms with Crippen molar-refractivity contribution in [2.75, 3.05) is 0 Å². The van der Waals surface area contributed by atoms with E-state index in [0.717, 1.165) is 49.7 Å². The number of rotatable bonds is 2. The second-order valence-electron chi connectivity index (χ2n) is 7.47. The summed E-state index contributed by atoms with van der Waals surface area (Å²) in [6.07, 6.45) is 0. The summed E-state index contributed by atoms with van der Waals surface area (Å²) in [7, 11) is 0. The van der Waals surface area contributed by atoms with Gasteiger partial charge in [-0.15, -0.1) is 0 Å². The minimum atomic E-state index is 0.975. The predicted octanol–water partition coefficient (Wildman–Crippen LogP) is 7.27. The zero-order chi connectivity index (χ0) is 19.9. The van der Waals surface area contributed by atoms with Crippen molar-refractivity contribution in [2.45, 2.75) is 0 Å². The maximum absolute atomic E-state index is 5.13. The minimum absolute atomic E-state index is 0.975. The molecule has 0 bridgehead atoms. The molecule has 0 saturated carbocycles. The van der Waals surface area contributed by atoms with E-state index in [4.69, 9.17) is 9.97 Å². The van der Waals surface area contributed by atoms with Gasteiger partial charge in [-0.1, -0.05) is 97.1 Å². The van der Waals surface area contributed by atoms with Gasteiger partial charge in [-0.2, -0.15) is 0 Å². The lowest BCUT2D eigenvalue weighted by Crippen LogP contribution is -1.93. The lowest BCUT2D eigenvalue weighted by Gasteiger charge is -2.13. The van der Waals surface area contributed by atoms with E-state index in [9.17, 15) is 0 Å². The summed E-state index contributed by atoms with van der Waals surface area (Å²) in [5.74, 6) is 0. The summed E-state index contributed by atoms with van der Waals surface area (Å²) < 4.78 is 0. The van der Waals surface area contributed by atoms with E-state index >= 15 is 0 Å². The van der Waals surface area contributed by atoms with Crippen LogP contribution in [-0.2, 0) is 0 Å². The summed E-state index contributed by atoms with van der Waals surface area (Å²) >= 11 is 0. The van der Waals surface area contributed by atoms with Crippen molar-refractivity contribution in [2.24, 2.45) is 0 Å². The maximum atomic E-state index is 5.13. The number of nitrogens with zero attached hydrogens (tertiary/aromatic N) is 2. The molecule has 2 heteroatoms. The lowest BCUT2D eigenvalue weighted by atomic mass is 9.97. The first kappa shape index (κ1) is 16.9. The Kier molecular flexibility index (Phi) is 3.82. The molecule has 2 aromatic heterocycles. The van der Waals surface area contributed by atoms with Gasteiger partial charge in [0.25, 0.3) is 0 Å². The Labute approximate surface area is 174 Å². The molecule has 30 heavy (non-hydrogen) atoms. The highest BCUT2D eigenvalue weighted by molar-refractivity contribution is 6.20. The molecule has 0 unspecified atom stereocenters. The molecule has 6 aromatic rings. The van der Waals surface area contributed by atoms with Gasteiger partial charge >= 0.3 is 0 Å². The minimum Gasteiger partial charge on any atom is -0.247 e. The van der Waals surface area contributed by atoms with Gasteiger partial charge in [0.15, 0.2) is 0 Å². The largest absolute Gasteiger partial charge is 0.247 e. The molecule has 0 aliphatic carbocycles. The molecule has 0 atom stereocenters. The zero-order valence-electron chi connectivity index (χ0n) is 16.3. The van der Waals surface area contributed by atoms with Gasteiger partial charge in [0.2, 0.25) is 0 Å². The van der Waals surface area contributed by atoms with Gasteiger partial charge in [-0.25, -0.2) is 9.97 Å². The van der Waals surface area contributed by atoms with Gasteiger partial charge in [-0.05, 0) is 17.5 Å². The molecule has 140 valence electrons. The average Bonchev–Trinajstić information content (AvgIpc) is 2.84. The fraction of sp³-hybridized carbons (Fsp3) is 0. The van der Waals surface area contributed by atoms with E-state index in [2.05, 4.69) is 91.0 Å². The van der Waals surface area contributed by atoms with Crippen LogP contribution in [-0.4, -0.2) is 9.97 Å². The van der Waals surface area contributed by atoms with E-state index in [1.165, 1.54) is 5.39 Å². The van der Waals surface area contributed by atoms with Crippen molar-refractivity contribution < 1.29 is 0 Å². The van der Waals surface area contributed by atoms with Crippen LogP contribution < -0.4 is 0 Å². The lowest BCUT2D eigenvalue weighted by molar-refractivity contribution is 1.39. The molecular formula is C28H18N2. The first-order valence-corrected chi connectivity index (χ1v) is 10.1. The second kappa shape index (κ2) is 6.78. The van der Waals surface area contributed by atoms with Crippen LogP contribution in [0.1, 0.15) is 0 Å². The van der Waals surface area contributed by atoms with Crippen LogP contribution in [0.5, 0.6) is 0 Å². The van der Waals surface area contributed by atoms with E-state index in [1.54, 1.807) is 0 Å².